The van der Waals surface area contributed by atoms with Crippen LogP contribution in [0.15, 0.2) is 24.3 Å². The van der Waals surface area contributed by atoms with Gasteiger partial charge in [0.05, 0.1) is 6.04 Å². The lowest BCUT2D eigenvalue weighted by Crippen LogP contribution is -2.54. The third-order valence-electron chi connectivity index (χ3n) is 10.0. The summed E-state index contributed by atoms with van der Waals surface area (Å²) in [6, 6.07) is 7.58. The van der Waals surface area contributed by atoms with Crippen molar-refractivity contribution in [1.29, 1.82) is 0 Å². The fourth-order valence-electron chi connectivity index (χ4n) is 7.47. The van der Waals surface area contributed by atoms with Crippen LogP contribution >= 0.6 is 0 Å². The van der Waals surface area contributed by atoms with E-state index in [9.17, 15) is 14.4 Å². The van der Waals surface area contributed by atoms with Crippen molar-refractivity contribution in [3.05, 3.63) is 35.4 Å². The predicted molar refractivity (Wildman–Crippen MR) is 144 cm³/mol. The summed E-state index contributed by atoms with van der Waals surface area (Å²) in [5.41, 5.74) is 1.89. The first-order valence-corrected chi connectivity index (χ1v) is 14.8. The molecule has 3 aliphatic heterocycles. The molecule has 206 valence electrons. The Balaban J connectivity index is 1.12. The zero-order valence-electron chi connectivity index (χ0n) is 22.6. The average molecular weight is 523 g/mol. The first-order chi connectivity index (χ1) is 18.5. The molecule has 1 aromatic rings. The lowest BCUT2D eigenvalue weighted by Gasteiger charge is -2.42. The van der Waals surface area contributed by atoms with Crippen molar-refractivity contribution in [2.24, 2.45) is 5.92 Å². The Morgan fingerprint density at radius 3 is 2.32 bits per heavy atom. The molecule has 3 saturated heterocycles. The monoisotopic (exact) mass is 522 g/mol. The second kappa shape index (κ2) is 11.1. The van der Waals surface area contributed by atoms with Crippen molar-refractivity contribution in [2.75, 3.05) is 33.3 Å². The van der Waals surface area contributed by atoms with Gasteiger partial charge in [-0.05, 0) is 88.2 Å². The number of amides is 2. The Hall–Kier alpha value is -2.29. The van der Waals surface area contributed by atoms with Crippen LogP contribution in [-0.4, -0.2) is 91.0 Å². The molecule has 38 heavy (non-hydrogen) atoms. The van der Waals surface area contributed by atoms with Gasteiger partial charge < -0.3 is 25.2 Å². The smallest absolute Gasteiger partial charge is 0.251 e. The number of ether oxygens (including phenoxy) is 1. The van der Waals surface area contributed by atoms with Crippen molar-refractivity contribution in [2.45, 2.75) is 94.0 Å². The summed E-state index contributed by atoms with van der Waals surface area (Å²) < 4.78 is 5.72. The first-order valence-electron chi connectivity index (χ1n) is 14.8. The van der Waals surface area contributed by atoms with Crippen molar-refractivity contribution < 1.29 is 19.1 Å². The maximum atomic E-state index is 13.9. The molecular formula is C30H42N4O4. The number of likely N-dealkylation sites (N-methyl/N-ethyl adjacent to an activating group) is 1. The third kappa shape index (κ3) is 4.91. The summed E-state index contributed by atoms with van der Waals surface area (Å²) >= 11 is 0. The molecule has 1 aromatic carbocycles. The molecule has 2 saturated carbocycles. The van der Waals surface area contributed by atoms with Gasteiger partial charge in [-0.25, -0.2) is 0 Å². The van der Waals surface area contributed by atoms with E-state index in [1.54, 1.807) is 4.90 Å². The number of nitrogens with zero attached hydrogens (tertiary/aromatic N) is 2. The number of benzene rings is 1. The van der Waals surface area contributed by atoms with E-state index in [2.05, 4.69) is 27.7 Å². The van der Waals surface area contributed by atoms with Crippen molar-refractivity contribution in [1.82, 2.24) is 20.4 Å². The number of carbonyl (C=O) groups excluding carboxylic acids is 3. The van der Waals surface area contributed by atoms with E-state index in [4.69, 9.17) is 4.74 Å². The lowest BCUT2D eigenvalue weighted by molar-refractivity contribution is -0.139. The molecule has 5 fully saturated rings. The number of fused-ring (bicyclic) bond motifs is 1. The van der Waals surface area contributed by atoms with Crippen molar-refractivity contribution >= 4 is 17.6 Å². The second-order valence-electron chi connectivity index (χ2n) is 12.1. The highest BCUT2D eigenvalue weighted by Gasteiger charge is 2.53. The largest absolute Gasteiger partial charge is 0.366 e. The molecule has 6 rings (SSSR count). The Morgan fingerprint density at radius 1 is 0.974 bits per heavy atom. The maximum Gasteiger partial charge on any atom is 0.251 e. The highest BCUT2D eigenvalue weighted by atomic mass is 16.5. The predicted octanol–water partition coefficient (Wildman–Crippen LogP) is 2.47. The quantitative estimate of drug-likeness (QED) is 0.572. The van der Waals surface area contributed by atoms with Gasteiger partial charge in [-0.1, -0.05) is 31.4 Å². The van der Waals surface area contributed by atoms with Gasteiger partial charge >= 0.3 is 0 Å². The van der Waals surface area contributed by atoms with Gasteiger partial charge in [0.15, 0.2) is 5.78 Å². The Bertz CT molecular complexity index is 1030. The number of carbonyl (C=O) groups is 3. The standard InChI is InChI=1S/C30H42N4O4/c1-31-24-17-34(27-25(35)18-38-28(24)27)30(37)26(21-5-2-3-6-21)32-29(36)22-11-9-19(10-12-22)20-13-15-33(16-14-20)23-7-4-8-23/h9-12,20-21,23-24,26-28,31H,2-8,13-18H2,1H3,(H,32,36)/t24-,26-,27+,28+/m0/s1. The van der Waals surface area contributed by atoms with Crippen LogP contribution in [0.4, 0.5) is 0 Å². The van der Waals surface area contributed by atoms with Gasteiger partial charge in [0.1, 0.15) is 24.8 Å². The van der Waals surface area contributed by atoms with E-state index >= 15 is 0 Å². The molecule has 0 aromatic heterocycles. The molecule has 3 heterocycles. The Labute approximate surface area is 225 Å². The molecule has 0 spiro atoms. The van der Waals surface area contributed by atoms with Crippen molar-refractivity contribution in [3.63, 3.8) is 0 Å². The van der Waals surface area contributed by atoms with E-state index in [1.165, 1.54) is 50.8 Å². The number of nitrogens with one attached hydrogen (secondary N) is 2. The normalized spacial score (nSPS) is 29.9. The van der Waals surface area contributed by atoms with Crippen LogP contribution in [0.25, 0.3) is 0 Å². The summed E-state index contributed by atoms with van der Waals surface area (Å²) in [6.07, 6.45) is 10.1. The summed E-state index contributed by atoms with van der Waals surface area (Å²) in [7, 11) is 1.83. The Morgan fingerprint density at radius 2 is 1.68 bits per heavy atom. The maximum absolute atomic E-state index is 13.9. The van der Waals surface area contributed by atoms with Gasteiger partial charge in [-0.15, -0.1) is 0 Å². The van der Waals surface area contributed by atoms with Crippen LogP contribution in [0.5, 0.6) is 0 Å². The molecule has 2 N–H and O–H groups in total. The molecule has 0 bridgehead atoms. The minimum absolute atomic E-state index is 0.0453. The average Bonchev–Trinajstić information content (AvgIpc) is 3.65. The number of rotatable bonds is 7. The number of Topliss-reactive ketones (excluding diaryl/α,β-unsaturated/α-hetero) is 1. The zero-order chi connectivity index (χ0) is 26.2. The SMILES string of the molecule is CN[C@H]1CN(C(=O)[C@@H](NC(=O)c2ccc(C3CCN(C4CCC4)CC3)cc2)C2CCCC2)[C@@H]2C(=O)CO[C@H]12. The molecule has 2 aliphatic carbocycles. The number of likely N-dealkylation sites (tertiary alicyclic amines) is 2. The molecule has 8 heteroatoms. The molecule has 4 atom stereocenters. The van der Waals surface area contributed by atoms with Crippen LogP contribution in [0.2, 0.25) is 0 Å². The van der Waals surface area contributed by atoms with Gasteiger partial charge in [-0.3, -0.25) is 14.4 Å². The van der Waals surface area contributed by atoms with E-state index in [1.807, 2.05) is 19.2 Å². The van der Waals surface area contributed by atoms with Crippen LogP contribution in [0.1, 0.15) is 79.6 Å². The fraction of sp³-hybridized carbons (Fsp3) is 0.700. The van der Waals surface area contributed by atoms with E-state index in [-0.39, 0.29) is 42.3 Å². The van der Waals surface area contributed by atoms with Gasteiger partial charge in [-0.2, -0.15) is 0 Å². The van der Waals surface area contributed by atoms with Crippen LogP contribution < -0.4 is 10.6 Å². The topological polar surface area (TPSA) is 91.0 Å². The molecule has 2 amide bonds. The highest BCUT2D eigenvalue weighted by molar-refractivity contribution is 5.99. The fourth-order valence-corrected chi connectivity index (χ4v) is 7.47. The number of hydrogen-bond acceptors (Lipinski definition) is 6. The van der Waals surface area contributed by atoms with E-state index < -0.39 is 12.1 Å². The van der Waals surface area contributed by atoms with Crippen LogP contribution in [0.3, 0.4) is 0 Å². The van der Waals surface area contributed by atoms with Crippen LogP contribution in [0, 0.1) is 5.92 Å². The lowest BCUT2D eigenvalue weighted by atomic mass is 9.85. The molecule has 8 nitrogen and oxygen atoms in total. The zero-order valence-corrected chi connectivity index (χ0v) is 22.6. The summed E-state index contributed by atoms with van der Waals surface area (Å²) in [5, 5.41) is 6.30. The van der Waals surface area contributed by atoms with Gasteiger partial charge in [0, 0.05) is 18.2 Å². The summed E-state index contributed by atoms with van der Waals surface area (Å²) in [5.74, 6) is 0.233. The minimum Gasteiger partial charge on any atom is -0.366 e. The first kappa shape index (κ1) is 26.0. The third-order valence-corrected chi connectivity index (χ3v) is 10.0. The summed E-state index contributed by atoms with van der Waals surface area (Å²) in [6.45, 7) is 2.81. The minimum atomic E-state index is -0.620. The molecule has 0 unspecified atom stereocenters. The second-order valence-corrected chi connectivity index (χ2v) is 12.1. The van der Waals surface area contributed by atoms with Crippen LogP contribution in [-0.2, 0) is 14.3 Å². The molecular weight excluding hydrogens is 480 g/mol. The number of piperidine rings is 1. The Kier molecular flexibility index (Phi) is 7.56. The van der Waals surface area contributed by atoms with Gasteiger partial charge in [0.25, 0.3) is 5.91 Å². The van der Waals surface area contributed by atoms with E-state index in [0.29, 0.717) is 18.0 Å². The molecule has 0 radical (unpaired) electrons. The number of hydrogen-bond donors (Lipinski definition) is 2. The number of ketones is 1. The van der Waals surface area contributed by atoms with E-state index in [0.717, 1.165) is 31.7 Å². The van der Waals surface area contributed by atoms with Gasteiger partial charge in [0.2, 0.25) is 5.91 Å². The summed E-state index contributed by atoms with van der Waals surface area (Å²) in [4.78, 5) is 44.2. The molecule has 5 aliphatic rings. The highest BCUT2D eigenvalue weighted by Crippen LogP contribution is 2.35. The van der Waals surface area contributed by atoms with Crippen molar-refractivity contribution in [3.8, 4) is 0 Å².